The van der Waals surface area contributed by atoms with E-state index in [0.717, 1.165) is 23.1 Å². The standard InChI is InChI=1S/C29H33F6N3O4/c1-16(2)38-23-15-19(28(30,31)32)12-10-17(23)11-13-21(25(38)40)36-24(39)22(37-26(41)42-27(3,4)5)14-18-8-6-7-9-20(18)29(33,34)35/h6-10,12,15-16,21-22H,11,13-14H2,1-5H3,(H,36,39)(H,37,41)/t21-,22+/m0/s1. The van der Waals surface area contributed by atoms with Gasteiger partial charge in [-0.05, 0) is 76.8 Å². The lowest BCUT2D eigenvalue weighted by Gasteiger charge is -2.31. The zero-order valence-electron chi connectivity index (χ0n) is 23.7. The summed E-state index contributed by atoms with van der Waals surface area (Å²) in [6.07, 6.45) is -10.9. The van der Waals surface area contributed by atoms with Gasteiger partial charge in [-0.2, -0.15) is 26.3 Å². The molecule has 0 saturated carbocycles. The second-order valence-electron chi connectivity index (χ2n) is 11.3. The molecule has 0 fully saturated rings. The average Bonchev–Trinajstić information content (AvgIpc) is 2.97. The van der Waals surface area contributed by atoms with E-state index in [1.807, 2.05) is 0 Å². The Morgan fingerprint density at radius 2 is 1.64 bits per heavy atom. The minimum atomic E-state index is -4.74. The van der Waals surface area contributed by atoms with Gasteiger partial charge >= 0.3 is 18.4 Å². The fourth-order valence-electron chi connectivity index (χ4n) is 4.68. The van der Waals surface area contributed by atoms with Gasteiger partial charge in [-0.1, -0.05) is 24.3 Å². The Hall–Kier alpha value is -3.77. The van der Waals surface area contributed by atoms with E-state index in [9.17, 15) is 40.7 Å². The number of carbonyl (C=O) groups excluding carboxylic acids is 3. The molecule has 42 heavy (non-hydrogen) atoms. The summed E-state index contributed by atoms with van der Waals surface area (Å²) in [6.45, 7) is 7.90. The molecular weight excluding hydrogens is 568 g/mol. The molecular formula is C29H33F6N3O4. The van der Waals surface area contributed by atoms with Crippen molar-refractivity contribution >= 4 is 23.6 Å². The van der Waals surface area contributed by atoms with Crippen LogP contribution in [-0.2, 0) is 39.5 Å². The van der Waals surface area contributed by atoms with Crippen molar-refractivity contribution in [3.8, 4) is 0 Å². The first-order chi connectivity index (χ1) is 19.3. The number of carbonyl (C=O) groups is 3. The monoisotopic (exact) mass is 601 g/mol. The molecule has 0 unspecified atom stereocenters. The number of hydrogen-bond donors (Lipinski definition) is 2. The molecule has 0 aliphatic carbocycles. The van der Waals surface area contributed by atoms with Gasteiger partial charge in [-0.25, -0.2) is 4.79 Å². The van der Waals surface area contributed by atoms with Crippen LogP contribution >= 0.6 is 0 Å². The molecule has 2 N–H and O–H groups in total. The highest BCUT2D eigenvalue weighted by atomic mass is 19.4. The van der Waals surface area contributed by atoms with Crippen molar-refractivity contribution in [2.45, 2.75) is 90.0 Å². The zero-order valence-corrected chi connectivity index (χ0v) is 23.7. The predicted molar refractivity (Wildman–Crippen MR) is 143 cm³/mol. The first kappa shape index (κ1) is 32.7. The van der Waals surface area contributed by atoms with Crippen LogP contribution in [0, 0.1) is 0 Å². The third kappa shape index (κ3) is 8.16. The second kappa shape index (κ2) is 12.2. The topological polar surface area (TPSA) is 87.7 Å². The van der Waals surface area contributed by atoms with Crippen LogP contribution in [0.25, 0.3) is 0 Å². The number of rotatable bonds is 6. The number of amides is 3. The van der Waals surface area contributed by atoms with Gasteiger partial charge in [0, 0.05) is 18.2 Å². The molecule has 13 heteroatoms. The molecule has 0 bridgehead atoms. The summed E-state index contributed by atoms with van der Waals surface area (Å²) < 4.78 is 86.5. The molecule has 2 atom stereocenters. The Morgan fingerprint density at radius 3 is 2.21 bits per heavy atom. The number of ether oxygens (including phenoxy) is 1. The molecule has 3 rings (SSSR count). The van der Waals surface area contributed by atoms with Gasteiger partial charge in [-0.3, -0.25) is 9.59 Å². The molecule has 0 radical (unpaired) electrons. The summed E-state index contributed by atoms with van der Waals surface area (Å²) in [7, 11) is 0. The Bertz CT molecular complexity index is 1320. The molecule has 2 aromatic carbocycles. The van der Waals surface area contributed by atoms with Crippen LogP contribution in [0.15, 0.2) is 42.5 Å². The summed E-state index contributed by atoms with van der Waals surface area (Å²) in [5.74, 6) is -1.65. The Balaban J connectivity index is 1.93. The normalized spacial score (nSPS) is 16.9. The molecule has 2 aromatic rings. The second-order valence-corrected chi connectivity index (χ2v) is 11.3. The van der Waals surface area contributed by atoms with Gasteiger partial charge in [0.05, 0.1) is 11.1 Å². The SMILES string of the molecule is CC(C)N1C(=O)[C@@H](NC(=O)[C@@H](Cc2ccccc2C(F)(F)F)NC(=O)OC(C)(C)C)CCc2ccc(C(F)(F)F)cc21. The van der Waals surface area contributed by atoms with Crippen molar-refractivity contribution in [3.05, 3.63) is 64.7 Å². The van der Waals surface area contributed by atoms with Crippen LogP contribution in [0.2, 0.25) is 0 Å². The van der Waals surface area contributed by atoms with Crippen LogP contribution in [0.3, 0.4) is 0 Å². The number of nitrogens with one attached hydrogen (secondary N) is 2. The van der Waals surface area contributed by atoms with E-state index in [4.69, 9.17) is 4.74 Å². The highest BCUT2D eigenvalue weighted by Crippen LogP contribution is 2.37. The number of nitrogens with zero attached hydrogens (tertiary/aromatic N) is 1. The van der Waals surface area contributed by atoms with Crippen LogP contribution in [0.4, 0.5) is 36.8 Å². The van der Waals surface area contributed by atoms with Crippen molar-refractivity contribution in [1.29, 1.82) is 0 Å². The first-order valence-electron chi connectivity index (χ1n) is 13.3. The minimum Gasteiger partial charge on any atom is -0.444 e. The van der Waals surface area contributed by atoms with Gasteiger partial charge in [0.1, 0.15) is 17.7 Å². The van der Waals surface area contributed by atoms with E-state index in [2.05, 4.69) is 10.6 Å². The Kier molecular flexibility index (Phi) is 9.53. The van der Waals surface area contributed by atoms with Crippen LogP contribution in [0.5, 0.6) is 0 Å². The van der Waals surface area contributed by atoms with Crippen molar-refractivity contribution in [1.82, 2.24) is 10.6 Å². The maximum atomic E-state index is 13.7. The highest BCUT2D eigenvalue weighted by molar-refractivity contribution is 6.01. The number of aryl methyl sites for hydroxylation is 1. The maximum Gasteiger partial charge on any atom is 0.416 e. The van der Waals surface area contributed by atoms with Crippen LogP contribution in [-0.4, -0.2) is 41.6 Å². The summed E-state index contributed by atoms with van der Waals surface area (Å²) in [6, 6.07) is 4.25. The Morgan fingerprint density at radius 1 is 1.00 bits per heavy atom. The lowest BCUT2D eigenvalue weighted by molar-refractivity contribution is -0.139. The van der Waals surface area contributed by atoms with Crippen molar-refractivity contribution in [3.63, 3.8) is 0 Å². The lowest BCUT2D eigenvalue weighted by Crippen LogP contribution is -2.56. The molecule has 7 nitrogen and oxygen atoms in total. The van der Waals surface area contributed by atoms with Gasteiger partial charge < -0.3 is 20.3 Å². The van der Waals surface area contributed by atoms with E-state index in [1.165, 1.54) is 24.3 Å². The predicted octanol–water partition coefficient (Wildman–Crippen LogP) is 6.03. The van der Waals surface area contributed by atoms with Gasteiger partial charge in [0.2, 0.25) is 11.8 Å². The smallest absolute Gasteiger partial charge is 0.416 e. The summed E-state index contributed by atoms with van der Waals surface area (Å²) in [4.78, 5) is 40.8. The van der Waals surface area contributed by atoms with E-state index in [0.29, 0.717) is 5.56 Å². The molecule has 0 saturated heterocycles. The van der Waals surface area contributed by atoms with E-state index in [1.54, 1.807) is 34.6 Å². The molecule has 1 aliphatic heterocycles. The fraction of sp³-hybridized carbons (Fsp3) is 0.483. The van der Waals surface area contributed by atoms with Gasteiger partial charge in [-0.15, -0.1) is 0 Å². The van der Waals surface area contributed by atoms with Crippen LogP contribution in [0.1, 0.15) is 63.3 Å². The zero-order chi connectivity index (χ0) is 31.6. The number of alkyl halides is 6. The third-order valence-corrected chi connectivity index (χ3v) is 6.50. The number of hydrogen-bond acceptors (Lipinski definition) is 4. The van der Waals surface area contributed by atoms with E-state index < -0.39 is 71.5 Å². The minimum absolute atomic E-state index is 0.00442. The Labute approximate surface area is 239 Å². The summed E-state index contributed by atoms with van der Waals surface area (Å²) >= 11 is 0. The molecule has 1 heterocycles. The molecule has 0 aromatic heterocycles. The quantitative estimate of drug-likeness (QED) is 0.396. The van der Waals surface area contributed by atoms with Crippen molar-refractivity contribution in [2.75, 3.05) is 4.90 Å². The van der Waals surface area contributed by atoms with E-state index in [-0.39, 0.29) is 24.1 Å². The summed E-state index contributed by atoms with van der Waals surface area (Å²) in [5.41, 5.74) is -2.67. The third-order valence-electron chi connectivity index (χ3n) is 6.50. The van der Waals surface area contributed by atoms with Crippen LogP contribution < -0.4 is 15.5 Å². The molecule has 230 valence electrons. The van der Waals surface area contributed by atoms with E-state index >= 15 is 0 Å². The van der Waals surface area contributed by atoms with Crippen molar-refractivity contribution in [2.24, 2.45) is 0 Å². The van der Waals surface area contributed by atoms with Gasteiger partial charge in [0.15, 0.2) is 0 Å². The van der Waals surface area contributed by atoms with Gasteiger partial charge in [0.25, 0.3) is 0 Å². The highest BCUT2D eigenvalue weighted by Gasteiger charge is 2.39. The number of benzene rings is 2. The summed E-state index contributed by atoms with van der Waals surface area (Å²) in [5, 5.41) is 4.82. The number of halogens is 6. The lowest BCUT2D eigenvalue weighted by atomic mass is 9.98. The largest absolute Gasteiger partial charge is 0.444 e. The molecule has 0 spiro atoms. The van der Waals surface area contributed by atoms with Crippen molar-refractivity contribution < 1.29 is 45.5 Å². The fourth-order valence-corrected chi connectivity index (χ4v) is 4.68. The molecule has 1 aliphatic rings. The first-order valence-corrected chi connectivity index (χ1v) is 13.3. The average molecular weight is 602 g/mol. The number of fused-ring (bicyclic) bond motifs is 1. The maximum absolute atomic E-state index is 13.7. The molecule has 3 amide bonds. The number of alkyl carbamates (subject to hydrolysis) is 1. The number of anilines is 1.